The van der Waals surface area contributed by atoms with Gasteiger partial charge >= 0.3 is 5.97 Å². The minimum Gasteiger partial charge on any atom is -0.481 e. The Morgan fingerprint density at radius 3 is 2.56 bits per heavy atom. The molecule has 1 saturated heterocycles. The summed E-state index contributed by atoms with van der Waals surface area (Å²) in [7, 11) is 0. The van der Waals surface area contributed by atoms with E-state index in [2.05, 4.69) is 0 Å². The number of carboxylic acid groups (broad SMARTS) is 1. The molecule has 0 amide bonds. The van der Waals surface area contributed by atoms with Gasteiger partial charge in [-0.15, -0.1) is 0 Å². The van der Waals surface area contributed by atoms with Crippen LogP contribution >= 0.6 is 11.8 Å². The molecule has 0 aromatic rings. The summed E-state index contributed by atoms with van der Waals surface area (Å²) in [5, 5.41) is 9.15. The predicted octanol–water partition coefficient (Wildman–Crippen LogP) is 3.27. The van der Waals surface area contributed by atoms with E-state index < -0.39 is 17.3 Å². The summed E-state index contributed by atoms with van der Waals surface area (Å²) in [4.78, 5) is 11.2. The van der Waals surface area contributed by atoms with Crippen molar-refractivity contribution >= 4 is 17.7 Å². The van der Waals surface area contributed by atoms with Crippen molar-refractivity contribution < 1.29 is 18.7 Å². The first-order chi connectivity index (χ1) is 7.32. The molecule has 1 aliphatic heterocycles. The highest BCUT2D eigenvalue weighted by Gasteiger charge is 2.59. The van der Waals surface area contributed by atoms with Crippen molar-refractivity contribution in [1.29, 1.82) is 0 Å². The molecule has 16 heavy (non-hydrogen) atoms. The van der Waals surface area contributed by atoms with Crippen LogP contribution in [0.4, 0.5) is 8.78 Å². The third-order valence-corrected chi connectivity index (χ3v) is 4.27. The van der Waals surface area contributed by atoms with E-state index in [1.54, 1.807) is 0 Å². The van der Waals surface area contributed by atoms with Crippen LogP contribution in [-0.4, -0.2) is 28.5 Å². The van der Waals surface area contributed by atoms with Crippen LogP contribution in [0.1, 0.15) is 33.1 Å². The number of halogens is 2. The van der Waals surface area contributed by atoms with Crippen LogP contribution in [0.5, 0.6) is 0 Å². The van der Waals surface area contributed by atoms with E-state index in [4.69, 9.17) is 5.11 Å². The zero-order valence-electron chi connectivity index (χ0n) is 9.63. The van der Waals surface area contributed by atoms with Gasteiger partial charge in [-0.2, -0.15) is 11.8 Å². The molecule has 5 heteroatoms. The third kappa shape index (κ3) is 2.50. The van der Waals surface area contributed by atoms with Gasteiger partial charge in [0.05, 0.1) is 5.75 Å². The van der Waals surface area contributed by atoms with Crippen molar-refractivity contribution in [2.75, 3.05) is 11.5 Å². The summed E-state index contributed by atoms with van der Waals surface area (Å²) in [5.74, 6) is -4.02. The molecule has 0 aromatic carbocycles. The highest BCUT2D eigenvalue weighted by atomic mass is 32.2. The van der Waals surface area contributed by atoms with Crippen LogP contribution in [0, 0.1) is 11.3 Å². The Kier molecular flexibility index (Phi) is 4.21. The van der Waals surface area contributed by atoms with Gasteiger partial charge in [0.2, 0.25) is 0 Å². The summed E-state index contributed by atoms with van der Waals surface area (Å²) < 4.78 is 27.6. The van der Waals surface area contributed by atoms with E-state index in [0.717, 1.165) is 11.8 Å². The summed E-state index contributed by atoms with van der Waals surface area (Å²) in [5.41, 5.74) is -1.83. The van der Waals surface area contributed by atoms with Crippen LogP contribution in [0.25, 0.3) is 0 Å². The second-order valence-electron chi connectivity index (χ2n) is 4.83. The van der Waals surface area contributed by atoms with Gasteiger partial charge in [0.25, 0.3) is 5.92 Å². The van der Waals surface area contributed by atoms with Gasteiger partial charge in [0.15, 0.2) is 0 Å². The maximum atomic E-state index is 13.8. The number of carbonyl (C=O) groups is 1. The lowest BCUT2D eigenvalue weighted by atomic mass is 9.74. The van der Waals surface area contributed by atoms with Gasteiger partial charge in [-0.25, -0.2) is 8.78 Å². The SMILES string of the molecule is CC(C)CCC1(C(=O)O)CCSCC1(F)F. The molecule has 1 N–H and O–H groups in total. The van der Waals surface area contributed by atoms with Crippen molar-refractivity contribution in [3.63, 3.8) is 0 Å². The highest BCUT2D eigenvalue weighted by molar-refractivity contribution is 7.99. The van der Waals surface area contributed by atoms with E-state index in [1.807, 2.05) is 13.8 Å². The molecule has 2 nitrogen and oxygen atoms in total. The second-order valence-corrected chi connectivity index (χ2v) is 5.93. The fourth-order valence-electron chi connectivity index (χ4n) is 1.98. The molecule has 94 valence electrons. The molecule has 0 aliphatic carbocycles. The largest absolute Gasteiger partial charge is 0.481 e. The molecule has 1 fully saturated rings. The Morgan fingerprint density at radius 2 is 2.12 bits per heavy atom. The van der Waals surface area contributed by atoms with Crippen molar-refractivity contribution in [3.8, 4) is 0 Å². The fourth-order valence-corrected chi connectivity index (χ4v) is 3.15. The number of hydrogen-bond acceptors (Lipinski definition) is 2. The number of aliphatic carboxylic acids is 1. The summed E-state index contributed by atoms with van der Waals surface area (Å²) in [6.07, 6.45) is 0.687. The first-order valence-corrected chi connectivity index (χ1v) is 6.66. The first-order valence-electron chi connectivity index (χ1n) is 5.51. The Bertz CT molecular complexity index is 269. The number of alkyl halides is 2. The van der Waals surface area contributed by atoms with Crippen LogP contribution in [-0.2, 0) is 4.79 Å². The third-order valence-electron chi connectivity index (χ3n) is 3.21. The molecule has 1 rings (SSSR count). The lowest BCUT2D eigenvalue weighted by molar-refractivity contribution is -0.178. The van der Waals surface area contributed by atoms with Crippen molar-refractivity contribution in [1.82, 2.24) is 0 Å². The van der Waals surface area contributed by atoms with E-state index in [9.17, 15) is 13.6 Å². The number of hydrogen-bond donors (Lipinski definition) is 1. The molecule has 0 aromatic heterocycles. The lowest BCUT2D eigenvalue weighted by Gasteiger charge is -2.40. The van der Waals surface area contributed by atoms with Gasteiger partial charge in [-0.3, -0.25) is 4.79 Å². The smallest absolute Gasteiger partial charge is 0.315 e. The zero-order chi connectivity index (χ0) is 12.4. The summed E-state index contributed by atoms with van der Waals surface area (Å²) in [6.45, 7) is 3.84. The Morgan fingerprint density at radius 1 is 1.50 bits per heavy atom. The number of rotatable bonds is 4. The van der Waals surface area contributed by atoms with E-state index >= 15 is 0 Å². The average molecular weight is 252 g/mol. The fraction of sp³-hybridized carbons (Fsp3) is 0.909. The second kappa shape index (κ2) is 4.90. The van der Waals surface area contributed by atoms with Crippen molar-refractivity contribution in [2.45, 2.75) is 39.0 Å². The summed E-state index contributed by atoms with van der Waals surface area (Å²) >= 11 is 1.14. The first kappa shape index (κ1) is 13.7. The Hall–Kier alpha value is -0.320. The maximum absolute atomic E-state index is 13.8. The molecule has 0 radical (unpaired) electrons. The molecule has 0 saturated carbocycles. The van der Waals surface area contributed by atoms with Gasteiger partial charge in [0.1, 0.15) is 5.41 Å². The molecule has 1 aliphatic rings. The van der Waals surface area contributed by atoms with Crippen LogP contribution in [0.3, 0.4) is 0 Å². The highest BCUT2D eigenvalue weighted by Crippen LogP contribution is 2.50. The van der Waals surface area contributed by atoms with Gasteiger partial charge in [0, 0.05) is 0 Å². The number of carboxylic acids is 1. The maximum Gasteiger partial charge on any atom is 0.315 e. The molecular formula is C11H18F2O2S. The topological polar surface area (TPSA) is 37.3 Å². The van der Waals surface area contributed by atoms with Crippen LogP contribution in [0.2, 0.25) is 0 Å². The molecule has 0 spiro atoms. The molecule has 0 bridgehead atoms. The lowest BCUT2D eigenvalue weighted by Crippen LogP contribution is -2.52. The quantitative estimate of drug-likeness (QED) is 0.834. The monoisotopic (exact) mass is 252 g/mol. The van der Waals surface area contributed by atoms with E-state index in [1.165, 1.54) is 0 Å². The van der Waals surface area contributed by atoms with Crippen molar-refractivity contribution in [2.24, 2.45) is 11.3 Å². The Balaban J connectivity index is 2.89. The molecular weight excluding hydrogens is 234 g/mol. The van der Waals surface area contributed by atoms with Crippen LogP contribution < -0.4 is 0 Å². The van der Waals surface area contributed by atoms with Gasteiger partial charge in [-0.05, 0) is 30.9 Å². The Labute approximate surface area is 98.8 Å². The minimum atomic E-state index is -3.09. The molecule has 1 unspecified atom stereocenters. The predicted molar refractivity (Wildman–Crippen MR) is 61.0 cm³/mol. The van der Waals surface area contributed by atoms with Gasteiger partial charge < -0.3 is 5.11 Å². The van der Waals surface area contributed by atoms with E-state index in [-0.39, 0.29) is 24.5 Å². The minimum absolute atomic E-state index is 0.0761. The zero-order valence-corrected chi connectivity index (χ0v) is 10.4. The van der Waals surface area contributed by atoms with Crippen molar-refractivity contribution in [3.05, 3.63) is 0 Å². The normalized spacial score (nSPS) is 29.3. The molecule has 1 heterocycles. The van der Waals surface area contributed by atoms with Crippen LogP contribution in [0.15, 0.2) is 0 Å². The average Bonchev–Trinajstić information content (AvgIpc) is 2.15. The van der Waals surface area contributed by atoms with Gasteiger partial charge in [-0.1, -0.05) is 13.8 Å². The standard InChI is InChI=1S/C11H18F2O2S/c1-8(2)3-4-10(9(14)15)5-6-16-7-11(10,12)13/h8H,3-7H2,1-2H3,(H,14,15). The van der Waals surface area contributed by atoms with E-state index in [0.29, 0.717) is 12.2 Å². The summed E-state index contributed by atoms with van der Waals surface area (Å²) in [6, 6.07) is 0. The number of thioether (sulfide) groups is 1. The molecule has 1 atom stereocenters.